The minimum absolute atomic E-state index is 0.0122. The number of pyridine rings is 1. The van der Waals surface area contributed by atoms with Crippen molar-refractivity contribution in [1.82, 2.24) is 9.88 Å². The Morgan fingerprint density at radius 2 is 2.12 bits per heavy atom. The molecule has 1 aromatic heterocycles. The number of anilines is 1. The Morgan fingerprint density at radius 3 is 2.76 bits per heavy atom. The van der Waals surface area contributed by atoms with E-state index >= 15 is 0 Å². The number of carboxylic acid groups (broad SMARTS) is 1. The normalized spacial score (nSPS) is 14.5. The van der Waals surface area contributed by atoms with E-state index in [4.69, 9.17) is 9.84 Å². The molecule has 25 heavy (non-hydrogen) atoms. The van der Waals surface area contributed by atoms with E-state index in [0.717, 1.165) is 11.3 Å². The molecule has 0 atom stereocenters. The lowest BCUT2D eigenvalue weighted by Crippen LogP contribution is -2.50. The van der Waals surface area contributed by atoms with Gasteiger partial charge in [-0.05, 0) is 29.8 Å². The highest BCUT2D eigenvalue weighted by atomic mass is 16.5. The summed E-state index contributed by atoms with van der Waals surface area (Å²) in [5, 5.41) is 8.92. The first-order valence-electron chi connectivity index (χ1n) is 7.92. The van der Waals surface area contributed by atoms with E-state index in [1.165, 1.54) is 12.3 Å². The summed E-state index contributed by atoms with van der Waals surface area (Å²) in [5.41, 5.74) is 1.15. The number of piperazine rings is 1. The molecule has 1 N–H and O–H groups in total. The molecule has 1 aromatic carbocycles. The van der Waals surface area contributed by atoms with Crippen LogP contribution in [0.2, 0.25) is 0 Å². The fourth-order valence-electron chi connectivity index (χ4n) is 2.76. The van der Waals surface area contributed by atoms with Crippen molar-refractivity contribution >= 4 is 17.7 Å². The molecule has 1 aliphatic heterocycles. The number of carbonyl (C=O) groups is 2. The van der Waals surface area contributed by atoms with Gasteiger partial charge in [-0.25, -0.2) is 9.78 Å². The van der Waals surface area contributed by atoms with Crippen LogP contribution in [0, 0.1) is 0 Å². The van der Waals surface area contributed by atoms with Crippen LogP contribution in [0.1, 0.15) is 15.9 Å². The number of nitrogens with zero attached hydrogens (tertiary/aromatic N) is 3. The van der Waals surface area contributed by atoms with Crippen molar-refractivity contribution in [2.75, 3.05) is 31.6 Å². The van der Waals surface area contributed by atoms with Crippen molar-refractivity contribution in [3.63, 3.8) is 0 Å². The molecule has 0 bridgehead atoms. The first kappa shape index (κ1) is 16.8. The SMILES string of the molecule is COc1cccc(CN2CCN(c3ccc(C(=O)O)cn3)CC2=O)c1. The fraction of sp³-hybridized carbons (Fsp3) is 0.278. The molecule has 7 heteroatoms. The molecule has 0 saturated carbocycles. The zero-order chi connectivity index (χ0) is 17.8. The topological polar surface area (TPSA) is 83.0 Å². The first-order chi connectivity index (χ1) is 12.1. The van der Waals surface area contributed by atoms with Gasteiger partial charge in [0.1, 0.15) is 11.6 Å². The minimum atomic E-state index is -1.02. The van der Waals surface area contributed by atoms with Gasteiger partial charge in [0.15, 0.2) is 0 Å². The maximum atomic E-state index is 12.4. The third kappa shape index (κ3) is 3.88. The van der Waals surface area contributed by atoms with Gasteiger partial charge < -0.3 is 19.6 Å². The Labute approximate surface area is 145 Å². The van der Waals surface area contributed by atoms with Crippen molar-refractivity contribution in [3.05, 3.63) is 53.7 Å². The minimum Gasteiger partial charge on any atom is -0.497 e. The molecule has 2 heterocycles. The van der Waals surface area contributed by atoms with Crippen LogP contribution in [0.3, 0.4) is 0 Å². The van der Waals surface area contributed by atoms with Crippen LogP contribution in [0.5, 0.6) is 5.75 Å². The highest BCUT2D eigenvalue weighted by molar-refractivity contribution is 5.87. The molecular weight excluding hydrogens is 322 g/mol. The van der Waals surface area contributed by atoms with Crippen LogP contribution < -0.4 is 9.64 Å². The van der Waals surface area contributed by atoms with E-state index < -0.39 is 5.97 Å². The molecule has 1 amide bonds. The van der Waals surface area contributed by atoms with Crippen LogP contribution >= 0.6 is 0 Å². The summed E-state index contributed by atoms with van der Waals surface area (Å²) in [6.45, 7) is 1.99. The summed E-state index contributed by atoms with van der Waals surface area (Å²) in [4.78, 5) is 31.1. The second-order valence-corrected chi connectivity index (χ2v) is 5.80. The number of benzene rings is 1. The lowest BCUT2D eigenvalue weighted by molar-refractivity contribution is -0.131. The van der Waals surface area contributed by atoms with Gasteiger partial charge in [0.05, 0.1) is 19.2 Å². The zero-order valence-electron chi connectivity index (χ0n) is 13.9. The van der Waals surface area contributed by atoms with Gasteiger partial charge in [0, 0.05) is 25.8 Å². The summed E-state index contributed by atoms with van der Waals surface area (Å²) in [6, 6.07) is 10.8. The summed E-state index contributed by atoms with van der Waals surface area (Å²) in [6.07, 6.45) is 1.31. The van der Waals surface area contributed by atoms with Crippen molar-refractivity contribution < 1.29 is 19.4 Å². The second-order valence-electron chi connectivity index (χ2n) is 5.80. The number of carboxylic acids is 1. The lowest BCUT2D eigenvalue weighted by Gasteiger charge is -2.35. The summed E-state index contributed by atoms with van der Waals surface area (Å²) in [5.74, 6) is 0.377. The Bertz CT molecular complexity index is 776. The fourth-order valence-corrected chi connectivity index (χ4v) is 2.76. The molecular formula is C18H19N3O4. The maximum absolute atomic E-state index is 12.4. The van der Waals surface area contributed by atoms with Crippen LogP contribution in [-0.4, -0.2) is 53.6 Å². The molecule has 0 unspecified atom stereocenters. The van der Waals surface area contributed by atoms with Gasteiger partial charge >= 0.3 is 5.97 Å². The standard InChI is InChI=1S/C18H19N3O4/c1-25-15-4-2-3-13(9-15)11-21-8-7-20(12-17(21)22)16-6-5-14(10-19-16)18(23)24/h2-6,9-10H,7-8,11-12H2,1H3,(H,23,24). The van der Waals surface area contributed by atoms with Crippen LogP contribution in [0.25, 0.3) is 0 Å². The number of hydrogen-bond acceptors (Lipinski definition) is 5. The largest absolute Gasteiger partial charge is 0.497 e. The molecule has 0 spiro atoms. The second kappa shape index (κ2) is 7.21. The van der Waals surface area contributed by atoms with Crippen molar-refractivity contribution in [1.29, 1.82) is 0 Å². The van der Waals surface area contributed by atoms with Gasteiger partial charge in [-0.1, -0.05) is 12.1 Å². The molecule has 0 radical (unpaired) electrons. The number of ether oxygens (including phenoxy) is 1. The van der Waals surface area contributed by atoms with Gasteiger partial charge in [0.25, 0.3) is 0 Å². The summed E-state index contributed by atoms with van der Waals surface area (Å²) < 4.78 is 5.21. The Kier molecular flexibility index (Phi) is 4.83. The number of amides is 1. The predicted molar refractivity (Wildman–Crippen MR) is 91.8 cm³/mol. The molecule has 0 aliphatic carbocycles. The van der Waals surface area contributed by atoms with Gasteiger partial charge in [-0.2, -0.15) is 0 Å². The van der Waals surface area contributed by atoms with Crippen molar-refractivity contribution in [2.45, 2.75) is 6.54 Å². The summed E-state index contributed by atoms with van der Waals surface area (Å²) >= 11 is 0. The van der Waals surface area contributed by atoms with E-state index in [1.54, 1.807) is 18.1 Å². The smallest absolute Gasteiger partial charge is 0.337 e. The maximum Gasteiger partial charge on any atom is 0.337 e. The molecule has 1 aliphatic rings. The third-order valence-electron chi connectivity index (χ3n) is 4.15. The highest BCUT2D eigenvalue weighted by Gasteiger charge is 2.25. The number of carbonyl (C=O) groups excluding carboxylic acids is 1. The van der Waals surface area contributed by atoms with E-state index in [-0.39, 0.29) is 18.0 Å². The number of rotatable bonds is 5. The Hall–Kier alpha value is -3.09. The molecule has 7 nitrogen and oxygen atoms in total. The molecule has 3 rings (SSSR count). The van der Waals surface area contributed by atoms with E-state index in [1.807, 2.05) is 29.2 Å². The lowest BCUT2D eigenvalue weighted by atomic mass is 10.2. The average molecular weight is 341 g/mol. The Morgan fingerprint density at radius 1 is 1.28 bits per heavy atom. The number of hydrogen-bond donors (Lipinski definition) is 1. The van der Waals surface area contributed by atoms with Gasteiger partial charge in [0.2, 0.25) is 5.91 Å². The zero-order valence-corrected chi connectivity index (χ0v) is 13.9. The quantitative estimate of drug-likeness (QED) is 0.890. The van der Waals surface area contributed by atoms with E-state index in [0.29, 0.717) is 25.5 Å². The monoisotopic (exact) mass is 341 g/mol. The van der Waals surface area contributed by atoms with Gasteiger partial charge in [-0.3, -0.25) is 4.79 Å². The molecule has 1 fully saturated rings. The van der Waals surface area contributed by atoms with E-state index in [9.17, 15) is 9.59 Å². The highest BCUT2D eigenvalue weighted by Crippen LogP contribution is 2.18. The Balaban J connectivity index is 1.64. The molecule has 2 aromatic rings. The molecule has 130 valence electrons. The molecule has 1 saturated heterocycles. The number of methoxy groups -OCH3 is 1. The van der Waals surface area contributed by atoms with Crippen molar-refractivity contribution in [3.8, 4) is 5.75 Å². The van der Waals surface area contributed by atoms with Crippen LogP contribution in [-0.2, 0) is 11.3 Å². The van der Waals surface area contributed by atoms with Gasteiger partial charge in [-0.15, -0.1) is 0 Å². The number of aromatic nitrogens is 1. The van der Waals surface area contributed by atoms with E-state index in [2.05, 4.69) is 4.98 Å². The average Bonchev–Trinajstić information content (AvgIpc) is 2.63. The first-order valence-corrected chi connectivity index (χ1v) is 7.92. The third-order valence-corrected chi connectivity index (χ3v) is 4.15. The predicted octanol–water partition coefficient (Wildman–Crippen LogP) is 1.64. The van der Waals surface area contributed by atoms with Crippen molar-refractivity contribution in [2.24, 2.45) is 0 Å². The number of aromatic carboxylic acids is 1. The van der Waals surface area contributed by atoms with Crippen LogP contribution in [0.15, 0.2) is 42.6 Å². The summed E-state index contributed by atoms with van der Waals surface area (Å²) in [7, 11) is 1.62. The van der Waals surface area contributed by atoms with Crippen LogP contribution in [0.4, 0.5) is 5.82 Å².